The van der Waals surface area contributed by atoms with Gasteiger partial charge in [-0.25, -0.2) is 4.98 Å². The van der Waals surface area contributed by atoms with E-state index >= 15 is 0 Å². The average Bonchev–Trinajstić information content (AvgIpc) is 3.43. The molecule has 166 valence electrons. The Hall–Kier alpha value is -3.93. The van der Waals surface area contributed by atoms with Gasteiger partial charge in [0.05, 0.1) is 24.4 Å². The number of pyridine rings is 1. The normalized spacial score (nSPS) is 15.9. The Morgan fingerprint density at radius 1 is 1.03 bits per heavy atom. The van der Waals surface area contributed by atoms with Crippen molar-refractivity contribution in [3.63, 3.8) is 0 Å². The van der Waals surface area contributed by atoms with E-state index in [4.69, 9.17) is 0 Å². The van der Waals surface area contributed by atoms with Crippen LogP contribution in [-0.2, 0) is 16.1 Å². The maximum absolute atomic E-state index is 13.8. The molecule has 2 amide bonds. The summed E-state index contributed by atoms with van der Waals surface area (Å²) >= 11 is 0. The van der Waals surface area contributed by atoms with Gasteiger partial charge in [-0.1, -0.05) is 30.3 Å². The van der Waals surface area contributed by atoms with Crippen molar-refractivity contribution in [2.24, 2.45) is 5.92 Å². The second-order valence-electron chi connectivity index (χ2n) is 8.61. The zero-order valence-electron chi connectivity index (χ0n) is 18.8. The highest BCUT2D eigenvalue weighted by Crippen LogP contribution is 2.30. The summed E-state index contributed by atoms with van der Waals surface area (Å²) in [6.45, 7) is 4.85. The number of hydrogen-bond donors (Lipinski definition) is 0. The number of aromatic nitrogens is 2. The fraction of sp³-hybridized carbons (Fsp3) is 0.222. The minimum absolute atomic E-state index is 0.0144. The van der Waals surface area contributed by atoms with Crippen LogP contribution in [0.15, 0.2) is 79.1 Å². The Labute approximate surface area is 193 Å². The number of fused-ring (bicyclic) bond motifs is 1. The average molecular weight is 439 g/mol. The number of carbonyl (C=O) groups is 2. The predicted octanol–water partition coefficient (Wildman–Crippen LogP) is 4.54. The number of nitrogens with zero attached hydrogens (tertiary/aromatic N) is 4. The largest absolute Gasteiger partial charge is 0.312 e. The predicted molar refractivity (Wildman–Crippen MR) is 129 cm³/mol. The number of carbonyl (C=O) groups excluding carboxylic acids is 2. The first-order chi connectivity index (χ1) is 16.0. The van der Waals surface area contributed by atoms with E-state index in [2.05, 4.69) is 11.9 Å². The molecule has 5 rings (SSSR count). The van der Waals surface area contributed by atoms with Crippen molar-refractivity contribution in [1.82, 2.24) is 9.38 Å². The third-order valence-corrected chi connectivity index (χ3v) is 6.42. The second-order valence-corrected chi connectivity index (χ2v) is 8.61. The maximum atomic E-state index is 13.8. The van der Waals surface area contributed by atoms with Crippen LogP contribution in [0.1, 0.15) is 23.2 Å². The first-order valence-electron chi connectivity index (χ1n) is 11.2. The van der Waals surface area contributed by atoms with Crippen LogP contribution in [0.3, 0.4) is 0 Å². The quantitative estimate of drug-likeness (QED) is 0.460. The molecular formula is C27H26N4O2. The van der Waals surface area contributed by atoms with Crippen LogP contribution in [0.5, 0.6) is 0 Å². The summed E-state index contributed by atoms with van der Waals surface area (Å²) in [5.41, 5.74) is 5.73. The summed E-state index contributed by atoms with van der Waals surface area (Å²) in [6, 6.07) is 21.5. The lowest BCUT2D eigenvalue weighted by Gasteiger charge is -2.26. The molecule has 2 aromatic heterocycles. The third-order valence-electron chi connectivity index (χ3n) is 6.42. The Morgan fingerprint density at radius 2 is 1.82 bits per heavy atom. The lowest BCUT2D eigenvalue weighted by atomic mass is 10.1. The van der Waals surface area contributed by atoms with Crippen molar-refractivity contribution < 1.29 is 9.59 Å². The monoisotopic (exact) mass is 438 g/mol. The van der Waals surface area contributed by atoms with Crippen molar-refractivity contribution in [2.75, 3.05) is 16.3 Å². The molecule has 2 aromatic carbocycles. The molecule has 1 saturated heterocycles. The first kappa shape index (κ1) is 20.9. The highest BCUT2D eigenvalue weighted by atomic mass is 16.2. The van der Waals surface area contributed by atoms with Crippen molar-refractivity contribution >= 4 is 28.8 Å². The summed E-state index contributed by atoms with van der Waals surface area (Å²) in [4.78, 5) is 34.6. The van der Waals surface area contributed by atoms with E-state index in [1.807, 2.05) is 84.3 Å². The van der Waals surface area contributed by atoms with Gasteiger partial charge in [-0.05, 0) is 61.4 Å². The van der Waals surface area contributed by atoms with Crippen LogP contribution in [0, 0.1) is 19.8 Å². The van der Waals surface area contributed by atoms with Gasteiger partial charge in [-0.2, -0.15) is 0 Å². The molecule has 0 radical (unpaired) electrons. The topological polar surface area (TPSA) is 57.9 Å². The Kier molecular flexibility index (Phi) is 5.42. The Morgan fingerprint density at radius 3 is 2.61 bits per heavy atom. The van der Waals surface area contributed by atoms with Crippen LogP contribution >= 0.6 is 0 Å². The molecule has 33 heavy (non-hydrogen) atoms. The number of benzene rings is 2. The molecule has 1 unspecified atom stereocenters. The number of aryl methyl sites for hydroxylation is 2. The minimum Gasteiger partial charge on any atom is -0.312 e. The summed E-state index contributed by atoms with van der Waals surface area (Å²) in [6.07, 6.45) is 3.97. The number of imidazole rings is 1. The van der Waals surface area contributed by atoms with Crippen molar-refractivity contribution in [3.05, 3.63) is 95.9 Å². The van der Waals surface area contributed by atoms with Gasteiger partial charge in [0.1, 0.15) is 5.65 Å². The van der Waals surface area contributed by atoms with E-state index in [-0.39, 0.29) is 18.2 Å². The fourth-order valence-electron chi connectivity index (χ4n) is 4.40. The van der Waals surface area contributed by atoms with Crippen LogP contribution in [-0.4, -0.2) is 27.7 Å². The number of anilines is 2. The highest BCUT2D eigenvalue weighted by Gasteiger charge is 2.38. The van der Waals surface area contributed by atoms with Gasteiger partial charge in [-0.15, -0.1) is 0 Å². The van der Waals surface area contributed by atoms with Gasteiger partial charge in [0.25, 0.3) is 0 Å². The fourth-order valence-corrected chi connectivity index (χ4v) is 4.40. The summed E-state index contributed by atoms with van der Waals surface area (Å²) in [5.74, 6) is -0.468. The van der Waals surface area contributed by atoms with Crippen LogP contribution < -0.4 is 9.80 Å². The lowest BCUT2D eigenvalue weighted by molar-refractivity contribution is -0.124. The summed E-state index contributed by atoms with van der Waals surface area (Å²) < 4.78 is 1.99. The van der Waals surface area contributed by atoms with Crippen molar-refractivity contribution in [3.8, 4) is 0 Å². The number of para-hydroxylation sites is 1. The SMILES string of the molecule is Cc1ccc(N2CC(C(=O)N(Cc3cnc4ccccn34)c3ccccc3)CC2=O)cc1C. The molecule has 0 N–H and O–H groups in total. The third kappa shape index (κ3) is 4.00. The van der Waals surface area contributed by atoms with E-state index < -0.39 is 5.92 Å². The molecular weight excluding hydrogens is 412 g/mol. The van der Waals surface area contributed by atoms with Gasteiger partial charge >= 0.3 is 0 Å². The Balaban J connectivity index is 1.44. The number of rotatable bonds is 5. The highest BCUT2D eigenvalue weighted by molar-refractivity contribution is 6.04. The van der Waals surface area contributed by atoms with Crippen LogP contribution in [0.2, 0.25) is 0 Å². The molecule has 0 aliphatic carbocycles. The smallest absolute Gasteiger partial charge is 0.232 e. The Bertz CT molecular complexity index is 1330. The molecule has 1 atom stereocenters. The van der Waals surface area contributed by atoms with Gasteiger partial charge < -0.3 is 14.2 Å². The van der Waals surface area contributed by atoms with Gasteiger partial charge in [-0.3, -0.25) is 9.59 Å². The molecule has 1 aliphatic heterocycles. The van der Waals surface area contributed by atoms with Crippen LogP contribution in [0.4, 0.5) is 11.4 Å². The minimum atomic E-state index is -0.404. The molecule has 4 aromatic rings. The van der Waals surface area contributed by atoms with Crippen LogP contribution in [0.25, 0.3) is 5.65 Å². The zero-order valence-corrected chi connectivity index (χ0v) is 18.8. The van der Waals surface area contributed by atoms with Crippen molar-refractivity contribution in [2.45, 2.75) is 26.8 Å². The summed E-state index contributed by atoms with van der Waals surface area (Å²) in [7, 11) is 0. The molecule has 0 bridgehead atoms. The van der Waals surface area contributed by atoms with E-state index in [1.54, 1.807) is 16.0 Å². The van der Waals surface area contributed by atoms with Gasteiger partial charge in [0.2, 0.25) is 11.8 Å². The van der Waals surface area contributed by atoms with E-state index in [1.165, 1.54) is 5.56 Å². The molecule has 0 saturated carbocycles. The molecule has 0 spiro atoms. The van der Waals surface area contributed by atoms with E-state index in [0.717, 1.165) is 28.3 Å². The molecule has 1 aliphatic rings. The first-order valence-corrected chi connectivity index (χ1v) is 11.2. The molecule has 1 fully saturated rings. The molecule has 6 heteroatoms. The van der Waals surface area contributed by atoms with E-state index in [0.29, 0.717) is 13.1 Å². The van der Waals surface area contributed by atoms with Gasteiger partial charge in [0.15, 0.2) is 0 Å². The van der Waals surface area contributed by atoms with Crippen molar-refractivity contribution in [1.29, 1.82) is 0 Å². The lowest BCUT2D eigenvalue weighted by Crippen LogP contribution is -2.37. The second kappa shape index (κ2) is 8.54. The molecule has 6 nitrogen and oxygen atoms in total. The zero-order chi connectivity index (χ0) is 22.9. The summed E-state index contributed by atoms with van der Waals surface area (Å²) in [5, 5.41) is 0. The maximum Gasteiger partial charge on any atom is 0.232 e. The van der Waals surface area contributed by atoms with E-state index in [9.17, 15) is 9.59 Å². The number of amides is 2. The standard InChI is InChI=1S/C27H26N4O2/c1-19-11-12-23(14-20(19)2)30-17-21(15-26(30)32)27(33)31(22-8-4-3-5-9-22)18-24-16-28-25-10-6-7-13-29(24)25/h3-14,16,21H,15,17-18H2,1-2H3. The number of hydrogen-bond acceptors (Lipinski definition) is 3. The molecule has 3 heterocycles. The van der Waals surface area contributed by atoms with Gasteiger partial charge in [0, 0.05) is 30.5 Å².